The molecule has 1 aromatic heterocycles. The average Bonchev–Trinajstić information content (AvgIpc) is 3.43. The molecule has 30 heavy (non-hydrogen) atoms. The fourth-order valence-electron chi connectivity index (χ4n) is 3.21. The van der Waals surface area contributed by atoms with Crippen LogP contribution in [0.15, 0.2) is 95.0 Å². The number of ether oxygens (including phenoxy) is 1. The number of carbonyl (C=O) groups excluding carboxylic acids is 1. The average molecular weight is 395 g/mol. The molecule has 146 valence electrons. The SMILES string of the molecule is O=C1OC(c2ccccc2)NC1=Cc1ccc(-c2nnc(-c3ccccc3)o2)cc1. The highest BCUT2D eigenvalue weighted by atomic mass is 16.6. The number of esters is 1. The molecule has 0 aliphatic carbocycles. The smallest absolute Gasteiger partial charge is 0.356 e. The van der Waals surface area contributed by atoms with Crippen molar-refractivity contribution in [1.29, 1.82) is 0 Å². The van der Waals surface area contributed by atoms with E-state index in [4.69, 9.17) is 9.15 Å². The Labute approximate surface area is 172 Å². The molecule has 1 N–H and O–H groups in total. The molecular weight excluding hydrogens is 378 g/mol. The van der Waals surface area contributed by atoms with Crippen molar-refractivity contribution in [3.05, 3.63) is 102 Å². The first-order chi connectivity index (χ1) is 14.8. The van der Waals surface area contributed by atoms with Crippen LogP contribution in [0.5, 0.6) is 0 Å². The molecule has 0 spiro atoms. The summed E-state index contributed by atoms with van der Waals surface area (Å²) in [6, 6.07) is 26.7. The number of aromatic nitrogens is 2. The van der Waals surface area contributed by atoms with Crippen LogP contribution in [0.1, 0.15) is 17.4 Å². The first kappa shape index (κ1) is 17.9. The zero-order valence-electron chi connectivity index (χ0n) is 15.9. The van der Waals surface area contributed by atoms with Crippen molar-refractivity contribution < 1.29 is 13.9 Å². The van der Waals surface area contributed by atoms with Crippen LogP contribution in [0.25, 0.3) is 29.0 Å². The lowest BCUT2D eigenvalue weighted by Gasteiger charge is -2.08. The van der Waals surface area contributed by atoms with Gasteiger partial charge in [-0.1, -0.05) is 60.7 Å². The molecule has 0 saturated carbocycles. The lowest BCUT2D eigenvalue weighted by atomic mass is 10.1. The first-order valence-electron chi connectivity index (χ1n) is 9.50. The van der Waals surface area contributed by atoms with Crippen LogP contribution in [0, 0.1) is 0 Å². The van der Waals surface area contributed by atoms with Crippen molar-refractivity contribution in [2.75, 3.05) is 0 Å². The number of nitrogens with zero attached hydrogens (tertiary/aromatic N) is 2. The van der Waals surface area contributed by atoms with E-state index in [1.54, 1.807) is 6.08 Å². The van der Waals surface area contributed by atoms with Crippen LogP contribution in [0.4, 0.5) is 0 Å². The quantitative estimate of drug-likeness (QED) is 0.402. The predicted molar refractivity (Wildman–Crippen MR) is 112 cm³/mol. The maximum Gasteiger partial charge on any atom is 0.356 e. The van der Waals surface area contributed by atoms with Crippen molar-refractivity contribution >= 4 is 12.0 Å². The van der Waals surface area contributed by atoms with Gasteiger partial charge in [-0.25, -0.2) is 4.79 Å². The van der Waals surface area contributed by atoms with Gasteiger partial charge in [-0.2, -0.15) is 0 Å². The third-order valence-electron chi connectivity index (χ3n) is 4.75. The van der Waals surface area contributed by atoms with Crippen LogP contribution in [0.2, 0.25) is 0 Å². The topological polar surface area (TPSA) is 77.2 Å². The molecule has 4 aromatic rings. The molecule has 6 heteroatoms. The van der Waals surface area contributed by atoms with Gasteiger partial charge in [0.25, 0.3) is 0 Å². The van der Waals surface area contributed by atoms with Gasteiger partial charge in [0.1, 0.15) is 5.70 Å². The number of hydrogen-bond acceptors (Lipinski definition) is 6. The van der Waals surface area contributed by atoms with E-state index >= 15 is 0 Å². The van der Waals surface area contributed by atoms with E-state index < -0.39 is 6.23 Å². The number of cyclic esters (lactones) is 1. The Morgan fingerprint density at radius 1 is 0.767 bits per heavy atom. The van der Waals surface area contributed by atoms with Crippen molar-refractivity contribution in [2.45, 2.75) is 6.23 Å². The first-order valence-corrected chi connectivity index (χ1v) is 9.50. The van der Waals surface area contributed by atoms with Crippen LogP contribution < -0.4 is 5.32 Å². The fourth-order valence-corrected chi connectivity index (χ4v) is 3.21. The molecule has 0 bridgehead atoms. The summed E-state index contributed by atoms with van der Waals surface area (Å²) >= 11 is 0. The Morgan fingerprint density at radius 3 is 2.03 bits per heavy atom. The van der Waals surface area contributed by atoms with Gasteiger partial charge in [-0.3, -0.25) is 0 Å². The number of benzene rings is 3. The third-order valence-corrected chi connectivity index (χ3v) is 4.75. The Hall–Kier alpha value is -4.19. The van der Waals surface area contributed by atoms with Crippen molar-refractivity contribution in [2.24, 2.45) is 0 Å². The summed E-state index contributed by atoms with van der Waals surface area (Å²) in [6.45, 7) is 0. The maximum absolute atomic E-state index is 12.2. The van der Waals surface area contributed by atoms with Crippen molar-refractivity contribution in [3.8, 4) is 22.9 Å². The van der Waals surface area contributed by atoms with Gasteiger partial charge >= 0.3 is 5.97 Å². The standard InChI is InChI=1S/C24H17N3O3/c28-24-20(25-21(30-24)17-7-3-1-4-8-17)15-16-11-13-19(14-12-16)23-27-26-22(29-23)18-9-5-2-6-10-18/h1-15,21,25H. The molecule has 3 aromatic carbocycles. The Morgan fingerprint density at radius 2 is 1.37 bits per heavy atom. The Bertz CT molecular complexity index is 1200. The Balaban J connectivity index is 1.33. The molecule has 1 saturated heterocycles. The summed E-state index contributed by atoms with van der Waals surface area (Å²) in [6.07, 6.45) is 1.29. The van der Waals surface area contributed by atoms with Crippen LogP contribution >= 0.6 is 0 Å². The molecule has 6 nitrogen and oxygen atoms in total. The van der Waals surface area contributed by atoms with Gasteiger partial charge < -0.3 is 14.5 Å². The van der Waals surface area contributed by atoms with Gasteiger partial charge in [0.05, 0.1) is 0 Å². The minimum atomic E-state index is -0.473. The van der Waals surface area contributed by atoms with Crippen molar-refractivity contribution in [1.82, 2.24) is 15.5 Å². The number of carbonyl (C=O) groups is 1. The highest BCUT2D eigenvalue weighted by molar-refractivity contribution is 5.95. The largest absolute Gasteiger partial charge is 0.433 e. The van der Waals surface area contributed by atoms with E-state index in [2.05, 4.69) is 15.5 Å². The minimum absolute atomic E-state index is 0.377. The predicted octanol–water partition coefficient (Wildman–Crippen LogP) is 4.59. The maximum atomic E-state index is 12.2. The van der Waals surface area contributed by atoms with E-state index in [9.17, 15) is 4.79 Å². The van der Waals surface area contributed by atoms with Gasteiger partial charge in [0.2, 0.25) is 11.8 Å². The second kappa shape index (κ2) is 7.67. The molecule has 1 unspecified atom stereocenters. The minimum Gasteiger partial charge on any atom is -0.433 e. The molecular formula is C24H17N3O3. The number of hydrogen-bond donors (Lipinski definition) is 1. The molecule has 0 radical (unpaired) electrons. The zero-order chi connectivity index (χ0) is 20.3. The highest BCUT2D eigenvalue weighted by Crippen LogP contribution is 2.26. The van der Waals surface area contributed by atoms with Crippen LogP contribution in [0.3, 0.4) is 0 Å². The summed E-state index contributed by atoms with van der Waals surface area (Å²) in [5, 5.41) is 11.4. The van der Waals surface area contributed by atoms with Gasteiger partial charge in [-0.05, 0) is 35.9 Å². The second-order valence-corrected chi connectivity index (χ2v) is 6.80. The summed E-state index contributed by atoms with van der Waals surface area (Å²) in [7, 11) is 0. The van der Waals surface area contributed by atoms with Gasteiger partial charge in [0, 0.05) is 16.7 Å². The zero-order valence-corrected chi connectivity index (χ0v) is 15.9. The fraction of sp³-hybridized carbons (Fsp3) is 0.0417. The molecule has 1 aliphatic rings. The van der Waals surface area contributed by atoms with Crippen LogP contribution in [-0.2, 0) is 9.53 Å². The number of rotatable bonds is 4. The Kier molecular flexibility index (Phi) is 4.57. The van der Waals surface area contributed by atoms with E-state index in [0.29, 0.717) is 17.5 Å². The normalized spacial score (nSPS) is 17.0. The third kappa shape index (κ3) is 3.58. The summed E-state index contributed by atoms with van der Waals surface area (Å²) in [4.78, 5) is 12.2. The van der Waals surface area contributed by atoms with Gasteiger partial charge in [-0.15, -0.1) is 10.2 Å². The lowest BCUT2D eigenvalue weighted by Crippen LogP contribution is -2.12. The van der Waals surface area contributed by atoms with Crippen molar-refractivity contribution in [3.63, 3.8) is 0 Å². The molecule has 0 amide bonds. The molecule has 1 atom stereocenters. The lowest BCUT2D eigenvalue weighted by molar-refractivity contribution is -0.139. The highest BCUT2D eigenvalue weighted by Gasteiger charge is 2.28. The molecule has 2 heterocycles. The molecule has 1 fully saturated rings. The second-order valence-electron chi connectivity index (χ2n) is 6.80. The van der Waals surface area contributed by atoms with E-state index in [1.807, 2.05) is 84.9 Å². The summed E-state index contributed by atoms with van der Waals surface area (Å²) < 4.78 is 11.2. The monoisotopic (exact) mass is 395 g/mol. The molecule has 5 rings (SSSR count). The van der Waals surface area contributed by atoms with E-state index in [0.717, 1.165) is 22.3 Å². The van der Waals surface area contributed by atoms with Crippen LogP contribution in [-0.4, -0.2) is 16.2 Å². The molecule has 1 aliphatic heterocycles. The van der Waals surface area contributed by atoms with Gasteiger partial charge in [0.15, 0.2) is 6.23 Å². The van der Waals surface area contributed by atoms with E-state index in [1.165, 1.54) is 0 Å². The van der Waals surface area contributed by atoms with E-state index in [-0.39, 0.29) is 5.97 Å². The summed E-state index contributed by atoms with van der Waals surface area (Å²) in [5.41, 5.74) is 3.85. The summed E-state index contributed by atoms with van der Waals surface area (Å²) in [5.74, 6) is 0.537. The number of nitrogens with one attached hydrogen (secondary N) is 1.